The van der Waals surface area contributed by atoms with E-state index in [9.17, 15) is 14.4 Å². The molecular weight excluding hydrogens is 671 g/mol. The minimum atomic E-state index is -0.387. The molecule has 4 aromatic carbocycles. The number of methoxy groups -OCH3 is 1. The second-order valence-corrected chi connectivity index (χ2v) is 13.7. The molecule has 2 heterocycles. The molecule has 10 heteroatoms. The van der Waals surface area contributed by atoms with Crippen LogP contribution >= 0.6 is 23.2 Å². The highest BCUT2D eigenvalue weighted by Crippen LogP contribution is 2.31. The van der Waals surface area contributed by atoms with Crippen molar-refractivity contribution >= 4 is 51.9 Å². The molecule has 0 N–H and O–H groups in total. The van der Waals surface area contributed by atoms with Gasteiger partial charge in [0.15, 0.2) is 5.82 Å². The zero-order chi connectivity index (χ0) is 35.2. The van der Waals surface area contributed by atoms with E-state index in [1.54, 1.807) is 17.0 Å². The Morgan fingerprint density at radius 2 is 1.58 bits per heavy atom. The largest absolute Gasteiger partial charge is 0.465 e. The van der Waals surface area contributed by atoms with Gasteiger partial charge in [-0.25, -0.2) is 9.78 Å². The maximum Gasteiger partial charge on any atom is 0.337 e. The van der Waals surface area contributed by atoms with E-state index >= 15 is 0 Å². The molecule has 50 heavy (non-hydrogen) atoms. The van der Waals surface area contributed by atoms with Crippen molar-refractivity contribution in [3.63, 3.8) is 0 Å². The molecule has 1 aliphatic rings. The molecule has 1 atom stereocenters. The van der Waals surface area contributed by atoms with Crippen molar-refractivity contribution in [3.05, 3.63) is 135 Å². The van der Waals surface area contributed by atoms with Crippen molar-refractivity contribution in [2.24, 2.45) is 5.92 Å². The maximum absolute atomic E-state index is 14.1. The van der Waals surface area contributed by atoms with E-state index in [-0.39, 0.29) is 29.5 Å². The number of rotatable bonds is 12. The second-order valence-electron chi connectivity index (χ2n) is 12.9. The number of hydrogen-bond donors (Lipinski definition) is 0. The first-order chi connectivity index (χ1) is 24.2. The summed E-state index contributed by atoms with van der Waals surface area (Å²) in [5.74, 6) is 0.0168. The first kappa shape index (κ1) is 35.3. The van der Waals surface area contributed by atoms with Crippen molar-refractivity contribution in [2.75, 3.05) is 40.3 Å². The van der Waals surface area contributed by atoms with Gasteiger partial charge in [-0.2, -0.15) is 0 Å². The van der Waals surface area contributed by atoms with Gasteiger partial charge in [-0.3, -0.25) is 9.59 Å². The zero-order valence-electron chi connectivity index (χ0n) is 28.2. The number of ether oxygens (including phenoxy) is 1. The van der Waals surface area contributed by atoms with E-state index in [2.05, 4.69) is 4.90 Å². The average molecular weight is 712 g/mol. The third-order valence-electron chi connectivity index (χ3n) is 9.62. The van der Waals surface area contributed by atoms with Gasteiger partial charge in [-0.05, 0) is 98.6 Å². The Bertz CT molecular complexity index is 1970. The number of likely N-dealkylation sites (N-methyl/N-ethyl adjacent to an activating group) is 1. The predicted molar refractivity (Wildman–Crippen MR) is 197 cm³/mol. The van der Waals surface area contributed by atoms with Crippen LogP contribution in [0.3, 0.4) is 0 Å². The number of hydrogen-bond acceptors (Lipinski definition) is 6. The molecule has 0 bridgehead atoms. The number of imidazole rings is 1. The Balaban J connectivity index is 1.12. The topological polar surface area (TPSA) is 84.7 Å². The first-order valence-corrected chi connectivity index (χ1v) is 17.6. The number of Topliss-reactive ketones (excluding diaryl/α,β-unsaturated/α-hetero) is 1. The number of likely N-dealkylation sites (tertiary alicyclic amines) is 1. The molecule has 5 aromatic rings. The summed E-state index contributed by atoms with van der Waals surface area (Å²) in [4.78, 5) is 48.2. The quantitative estimate of drug-likeness (QED) is 0.0963. The number of ketones is 1. The molecule has 1 saturated heterocycles. The second kappa shape index (κ2) is 16.0. The smallest absolute Gasteiger partial charge is 0.337 e. The Labute approximate surface area is 302 Å². The molecule has 8 nitrogen and oxygen atoms in total. The molecule has 258 valence electrons. The number of para-hydroxylation sites is 2. The van der Waals surface area contributed by atoms with E-state index in [0.717, 1.165) is 61.1 Å². The maximum atomic E-state index is 14.1. The van der Waals surface area contributed by atoms with Crippen LogP contribution < -0.4 is 0 Å². The van der Waals surface area contributed by atoms with Gasteiger partial charge in [0.1, 0.15) is 0 Å². The van der Waals surface area contributed by atoms with Crippen LogP contribution in [0.4, 0.5) is 0 Å². The summed E-state index contributed by atoms with van der Waals surface area (Å²) in [7, 11) is 3.20. The Morgan fingerprint density at radius 3 is 2.28 bits per heavy atom. The lowest BCUT2D eigenvalue weighted by Gasteiger charge is -2.33. The van der Waals surface area contributed by atoms with Crippen molar-refractivity contribution in [3.8, 4) is 0 Å². The minimum Gasteiger partial charge on any atom is -0.465 e. The van der Waals surface area contributed by atoms with E-state index in [1.165, 1.54) is 7.11 Å². The number of fused-ring (bicyclic) bond motifs is 1. The van der Waals surface area contributed by atoms with E-state index in [4.69, 9.17) is 32.9 Å². The van der Waals surface area contributed by atoms with Gasteiger partial charge in [0, 0.05) is 37.5 Å². The third kappa shape index (κ3) is 8.10. The van der Waals surface area contributed by atoms with Crippen molar-refractivity contribution in [1.82, 2.24) is 19.4 Å². The standard InChI is InChI=1S/C40H40Cl2N4O4/c1-44(39(48)29-8-4-3-5-9-29)26-32(31-16-17-33(41)34(42)24-31)20-23-45-21-18-28(19-22-45)37(47)38-43-35-10-6-7-11-36(35)46(38)25-27-12-14-30(15-13-27)40(49)50-2/h3-17,24,28,32H,18-23,25-26H2,1-2H3. The van der Waals surface area contributed by atoms with Crippen LogP contribution in [0.1, 0.15) is 67.6 Å². The summed E-state index contributed by atoms with van der Waals surface area (Å²) < 4.78 is 6.83. The molecule has 0 saturated carbocycles. The van der Waals surface area contributed by atoms with Gasteiger partial charge in [-0.1, -0.05) is 71.7 Å². The number of nitrogens with zero attached hydrogens (tertiary/aromatic N) is 4. The van der Waals surface area contributed by atoms with Gasteiger partial charge >= 0.3 is 5.97 Å². The van der Waals surface area contributed by atoms with Crippen molar-refractivity contribution in [2.45, 2.75) is 31.7 Å². The molecule has 6 rings (SSSR count). The van der Waals surface area contributed by atoms with Gasteiger partial charge in [0.2, 0.25) is 5.78 Å². The van der Waals surface area contributed by atoms with Crippen LogP contribution in [0, 0.1) is 5.92 Å². The fourth-order valence-corrected chi connectivity index (χ4v) is 7.06. The number of benzene rings is 4. The number of aromatic nitrogens is 2. The van der Waals surface area contributed by atoms with Gasteiger partial charge in [0.25, 0.3) is 5.91 Å². The molecule has 0 spiro atoms. The lowest BCUT2D eigenvalue weighted by atomic mass is 9.90. The van der Waals surface area contributed by atoms with Crippen LogP contribution in [0.5, 0.6) is 0 Å². The van der Waals surface area contributed by atoms with E-state index in [1.807, 2.05) is 96.5 Å². The lowest BCUT2D eigenvalue weighted by Crippen LogP contribution is -2.38. The van der Waals surface area contributed by atoms with Crippen molar-refractivity contribution < 1.29 is 19.1 Å². The predicted octanol–water partition coefficient (Wildman–Crippen LogP) is 8.02. The van der Waals surface area contributed by atoms with Crippen LogP contribution in [0.25, 0.3) is 11.0 Å². The van der Waals surface area contributed by atoms with Gasteiger partial charge in [-0.15, -0.1) is 0 Å². The molecule has 1 aromatic heterocycles. The van der Waals surface area contributed by atoms with Crippen LogP contribution in [-0.2, 0) is 11.3 Å². The summed E-state index contributed by atoms with van der Waals surface area (Å²) in [5, 5.41) is 0.995. The van der Waals surface area contributed by atoms with E-state index < -0.39 is 0 Å². The summed E-state index contributed by atoms with van der Waals surface area (Å²) in [5.41, 5.74) is 4.80. The Kier molecular flexibility index (Phi) is 11.3. The fraction of sp³-hybridized carbons (Fsp3) is 0.300. The highest BCUT2D eigenvalue weighted by atomic mass is 35.5. The fourth-order valence-electron chi connectivity index (χ4n) is 6.75. The lowest BCUT2D eigenvalue weighted by molar-refractivity contribution is 0.0600. The van der Waals surface area contributed by atoms with E-state index in [0.29, 0.717) is 40.1 Å². The van der Waals surface area contributed by atoms with Gasteiger partial charge < -0.3 is 19.1 Å². The number of esters is 1. The molecule has 0 aliphatic carbocycles. The number of piperidine rings is 1. The summed E-state index contributed by atoms with van der Waals surface area (Å²) in [6, 6.07) is 30.0. The number of amides is 1. The zero-order valence-corrected chi connectivity index (χ0v) is 29.7. The van der Waals surface area contributed by atoms with Gasteiger partial charge in [0.05, 0.1) is 33.8 Å². The molecule has 1 aliphatic heterocycles. The van der Waals surface area contributed by atoms with Crippen LogP contribution in [0.15, 0.2) is 97.1 Å². The average Bonchev–Trinajstić information content (AvgIpc) is 3.52. The SMILES string of the molecule is COC(=O)c1ccc(Cn2c(C(=O)C3CCN(CCC(CN(C)C(=O)c4ccccc4)c4ccc(Cl)c(Cl)c4)CC3)nc3ccccc32)cc1. The highest BCUT2D eigenvalue weighted by molar-refractivity contribution is 6.42. The monoisotopic (exact) mass is 710 g/mol. The first-order valence-electron chi connectivity index (χ1n) is 16.9. The van der Waals surface area contributed by atoms with Crippen LogP contribution in [0.2, 0.25) is 10.0 Å². The Hall–Kier alpha value is -4.50. The summed E-state index contributed by atoms with van der Waals surface area (Å²) >= 11 is 12.7. The molecule has 1 fully saturated rings. The molecule has 1 amide bonds. The molecule has 1 unspecified atom stereocenters. The third-order valence-corrected chi connectivity index (χ3v) is 10.4. The molecule has 0 radical (unpaired) electrons. The van der Waals surface area contributed by atoms with Crippen LogP contribution in [-0.4, -0.2) is 77.3 Å². The van der Waals surface area contributed by atoms with Crippen molar-refractivity contribution in [1.29, 1.82) is 0 Å². The minimum absolute atomic E-state index is 0.0285. The summed E-state index contributed by atoms with van der Waals surface area (Å²) in [6.45, 7) is 3.39. The number of carbonyl (C=O) groups is 3. The normalized spacial score (nSPS) is 14.4. The number of carbonyl (C=O) groups excluding carboxylic acids is 3. The summed E-state index contributed by atoms with van der Waals surface area (Å²) in [6.07, 6.45) is 2.28. The Morgan fingerprint density at radius 1 is 0.880 bits per heavy atom. The molecular formula is C40H40Cl2N4O4. The highest BCUT2D eigenvalue weighted by Gasteiger charge is 2.30. The number of halogens is 2.